The first kappa shape index (κ1) is 22.1. The van der Waals surface area contributed by atoms with E-state index in [1.54, 1.807) is 0 Å². The van der Waals surface area contributed by atoms with Crippen molar-refractivity contribution >= 4 is 22.5 Å². The van der Waals surface area contributed by atoms with E-state index in [1.807, 2.05) is 11.9 Å². The number of ether oxygens (including phenoxy) is 1. The van der Waals surface area contributed by atoms with Crippen LogP contribution in [0.25, 0.3) is 10.9 Å². The molecule has 0 bridgehead atoms. The van der Waals surface area contributed by atoms with Crippen molar-refractivity contribution in [2.75, 3.05) is 44.5 Å². The number of nitrogens with zero attached hydrogens (tertiary/aromatic N) is 3. The molecule has 0 spiro atoms. The molecule has 2 aliphatic rings. The maximum absolute atomic E-state index is 15.4. The Bertz CT molecular complexity index is 1170. The molecule has 2 aromatic rings. The molecule has 1 saturated carbocycles. The molecule has 4 N–H and O–H groups in total. The molecule has 0 radical (unpaired) electrons. The predicted octanol–water partition coefficient (Wildman–Crippen LogP) is -0.0900. The molecule has 2 fully saturated rings. The number of benzene rings is 1. The summed E-state index contributed by atoms with van der Waals surface area (Å²) in [6.07, 6.45) is 2.34. The third-order valence-electron chi connectivity index (χ3n) is 6.45. The molecule has 2 atom stereocenters. The highest BCUT2D eigenvalue weighted by Gasteiger charge is 2.35. The van der Waals surface area contributed by atoms with Gasteiger partial charge in [0, 0.05) is 38.6 Å². The second kappa shape index (κ2) is 8.45. The first-order chi connectivity index (χ1) is 15.3. The Morgan fingerprint density at radius 2 is 2.06 bits per heavy atom. The highest BCUT2D eigenvalue weighted by atomic mass is 19.1. The van der Waals surface area contributed by atoms with Crippen molar-refractivity contribution in [3.8, 4) is 5.75 Å². The van der Waals surface area contributed by atoms with Crippen LogP contribution < -0.4 is 37.4 Å². The molecule has 2 unspecified atom stereocenters. The number of nitrogen functional groups attached to an aromatic ring is 1. The Balaban J connectivity index is 1.79. The zero-order valence-corrected chi connectivity index (χ0v) is 18.5. The molecule has 4 rings (SSSR count). The van der Waals surface area contributed by atoms with E-state index in [0.717, 1.165) is 25.3 Å². The van der Waals surface area contributed by atoms with Crippen molar-refractivity contribution in [1.29, 1.82) is 0 Å². The molecular formula is C21H29FN6O4. The monoisotopic (exact) mass is 448 g/mol. The van der Waals surface area contributed by atoms with Crippen molar-refractivity contribution in [3.63, 3.8) is 0 Å². The lowest BCUT2D eigenvalue weighted by Gasteiger charge is -2.26. The number of likely N-dealkylation sites (N-methyl/N-ethyl adjacent to an activating group) is 1. The minimum absolute atomic E-state index is 0.0200. The maximum atomic E-state index is 15.4. The van der Waals surface area contributed by atoms with Crippen LogP contribution in [0.2, 0.25) is 0 Å². The highest BCUT2D eigenvalue weighted by molar-refractivity contribution is 5.91. The molecule has 1 aromatic heterocycles. The van der Waals surface area contributed by atoms with Gasteiger partial charge >= 0.3 is 5.69 Å². The van der Waals surface area contributed by atoms with Crippen molar-refractivity contribution < 1.29 is 13.9 Å². The Morgan fingerprint density at radius 3 is 2.66 bits per heavy atom. The number of hydrogen-bond donors (Lipinski definition) is 3. The Morgan fingerprint density at radius 1 is 1.34 bits per heavy atom. The number of nitrogens with two attached hydrogens (primary N) is 1. The standard InChI is InChI=1S/C21H29FN6O4/c1-11(29)25-9-16(24-2)12-6-7-26(10-12)18-15(22)8-14-17(19(18)32-3)27(13-4-5-13)21(31)28(23)20(14)30/h8,12-13,16,24H,4-7,9-10,23H2,1-3H3,(H,25,29). The van der Waals surface area contributed by atoms with E-state index >= 15 is 4.39 Å². The minimum atomic E-state index is -0.754. The Hall–Kier alpha value is -3.08. The van der Waals surface area contributed by atoms with Crippen LogP contribution in [0.3, 0.4) is 0 Å². The van der Waals surface area contributed by atoms with Gasteiger partial charge in [-0.1, -0.05) is 0 Å². The van der Waals surface area contributed by atoms with Crippen molar-refractivity contribution in [3.05, 3.63) is 32.7 Å². The number of hydrogen-bond acceptors (Lipinski definition) is 7. The van der Waals surface area contributed by atoms with Gasteiger partial charge in [0.15, 0.2) is 11.6 Å². The molecule has 10 nitrogen and oxygen atoms in total. The second-order valence-electron chi connectivity index (χ2n) is 8.52. The van der Waals surface area contributed by atoms with Gasteiger partial charge in [-0.25, -0.2) is 9.18 Å². The van der Waals surface area contributed by atoms with Gasteiger partial charge in [-0.05, 0) is 38.3 Å². The summed E-state index contributed by atoms with van der Waals surface area (Å²) in [5.41, 5.74) is -0.865. The number of methoxy groups -OCH3 is 1. The number of halogens is 1. The van der Waals surface area contributed by atoms with Crippen molar-refractivity contribution in [2.45, 2.75) is 38.3 Å². The third-order valence-corrected chi connectivity index (χ3v) is 6.45. The Labute approximate surface area is 184 Å². The van der Waals surface area contributed by atoms with E-state index in [4.69, 9.17) is 10.6 Å². The van der Waals surface area contributed by atoms with Crippen LogP contribution in [0, 0.1) is 11.7 Å². The SMILES string of the molecule is CNC(CNC(C)=O)C1CCN(c2c(F)cc3c(=O)n(N)c(=O)n(C4CC4)c3c2OC)C1. The normalized spacial score (nSPS) is 19.4. The zero-order valence-electron chi connectivity index (χ0n) is 18.5. The summed E-state index contributed by atoms with van der Waals surface area (Å²) in [6.45, 7) is 3.05. The summed E-state index contributed by atoms with van der Waals surface area (Å²) in [7, 11) is 3.24. The average Bonchev–Trinajstić information content (AvgIpc) is 3.49. The van der Waals surface area contributed by atoms with Gasteiger partial charge in [0.2, 0.25) is 5.91 Å². The van der Waals surface area contributed by atoms with Gasteiger partial charge in [-0.2, -0.15) is 4.68 Å². The van der Waals surface area contributed by atoms with Gasteiger partial charge in [-0.3, -0.25) is 14.2 Å². The number of anilines is 1. The summed E-state index contributed by atoms with van der Waals surface area (Å²) in [5.74, 6) is 5.32. The topological polar surface area (TPSA) is 124 Å². The molecule has 2 heterocycles. The fourth-order valence-corrected chi connectivity index (χ4v) is 4.67. The summed E-state index contributed by atoms with van der Waals surface area (Å²) >= 11 is 0. The van der Waals surface area contributed by atoms with Gasteiger partial charge in [-0.15, -0.1) is 0 Å². The highest BCUT2D eigenvalue weighted by Crippen LogP contribution is 2.43. The molecule has 1 amide bonds. The van der Waals surface area contributed by atoms with E-state index in [9.17, 15) is 14.4 Å². The lowest BCUT2D eigenvalue weighted by molar-refractivity contribution is -0.119. The number of aromatic nitrogens is 2. The number of nitrogens with one attached hydrogen (secondary N) is 2. The van der Waals surface area contributed by atoms with Crippen LogP contribution in [0.1, 0.15) is 32.2 Å². The van der Waals surface area contributed by atoms with Gasteiger partial charge in [0.1, 0.15) is 11.2 Å². The van der Waals surface area contributed by atoms with Crippen LogP contribution >= 0.6 is 0 Å². The van der Waals surface area contributed by atoms with Crippen LogP contribution in [0.4, 0.5) is 10.1 Å². The van der Waals surface area contributed by atoms with E-state index < -0.39 is 17.1 Å². The minimum Gasteiger partial charge on any atom is -0.492 e. The van der Waals surface area contributed by atoms with Gasteiger partial charge in [0.05, 0.1) is 12.5 Å². The first-order valence-corrected chi connectivity index (χ1v) is 10.8. The van der Waals surface area contributed by atoms with Crippen LogP contribution in [0.5, 0.6) is 5.75 Å². The zero-order chi connectivity index (χ0) is 23.2. The first-order valence-electron chi connectivity index (χ1n) is 10.8. The number of fused-ring (bicyclic) bond motifs is 1. The molecular weight excluding hydrogens is 419 g/mol. The molecule has 1 aliphatic heterocycles. The second-order valence-corrected chi connectivity index (χ2v) is 8.52. The molecule has 32 heavy (non-hydrogen) atoms. The fraction of sp³-hybridized carbons (Fsp3) is 0.571. The molecule has 174 valence electrons. The fourth-order valence-electron chi connectivity index (χ4n) is 4.67. The van der Waals surface area contributed by atoms with Crippen LogP contribution in [-0.2, 0) is 4.79 Å². The third kappa shape index (κ3) is 3.70. The summed E-state index contributed by atoms with van der Waals surface area (Å²) in [5, 5.41) is 6.07. The van der Waals surface area contributed by atoms with Crippen LogP contribution in [-0.4, -0.2) is 55.0 Å². The van der Waals surface area contributed by atoms with Gasteiger partial charge in [0.25, 0.3) is 5.56 Å². The van der Waals surface area contributed by atoms with E-state index in [2.05, 4.69) is 10.6 Å². The predicted molar refractivity (Wildman–Crippen MR) is 119 cm³/mol. The molecule has 1 saturated heterocycles. The lowest BCUT2D eigenvalue weighted by Crippen LogP contribution is -2.45. The maximum Gasteiger partial charge on any atom is 0.350 e. The van der Waals surface area contributed by atoms with Crippen molar-refractivity contribution in [2.24, 2.45) is 5.92 Å². The van der Waals surface area contributed by atoms with Crippen molar-refractivity contribution in [1.82, 2.24) is 19.9 Å². The van der Waals surface area contributed by atoms with E-state index in [1.165, 1.54) is 18.6 Å². The lowest BCUT2D eigenvalue weighted by atomic mass is 9.99. The number of carbonyl (C=O) groups excluding carboxylic acids is 1. The molecule has 1 aliphatic carbocycles. The number of amides is 1. The molecule has 1 aromatic carbocycles. The van der Waals surface area contributed by atoms with Crippen LogP contribution in [0.15, 0.2) is 15.7 Å². The average molecular weight is 448 g/mol. The van der Waals surface area contributed by atoms with E-state index in [0.29, 0.717) is 24.3 Å². The molecule has 11 heteroatoms. The summed E-state index contributed by atoms with van der Waals surface area (Å²) in [6, 6.07) is 1.08. The summed E-state index contributed by atoms with van der Waals surface area (Å²) < 4.78 is 23.0. The Kier molecular flexibility index (Phi) is 5.85. The van der Waals surface area contributed by atoms with E-state index in [-0.39, 0.29) is 46.2 Å². The summed E-state index contributed by atoms with van der Waals surface area (Å²) in [4.78, 5) is 38.6. The number of rotatable bonds is 7. The number of carbonyl (C=O) groups is 1. The quantitative estimate of drug-likeness (QED) is 0.506. The smallest absolute Gasteiger partial charge is 0.350 e. The van der Waals surface area contributed by atoms with Gasteiger partial charge < -0.3 is 26.1 Å². The largest absolute Gasteiger partial charge is 0.492 e.